The molecule has 0 aromatic carbocycles. The van der Waals surface area contributed by atoms with Gasteiger partial charge in [-0.2, -0.15) is 0 Å². The minimum Gasteiger partial charge on any atom is -0.477 e. The van der Waals surface area contributed by atoms with Gasteiger partial charge in [0, 0.05) is 18.5 Å². The van der Waals surface area contributed by atoms with Gasteiger partial charge < -0.3 is 9.67 Å². The number of carboxylic acids is 1. The molecule has 2 aromatic rings. The third-order valence-electron chi connectivity index (χ3n) is 2.29. The first kappa shape index (κ1) is 11.1. The van der Waals surface area contributed by atoms with Crippen molar-refractivity contribution in [3.8, 4) is 0 Å². The van der Waals surface area contributed by atoms with Crippen molar-refractivity contribution in [2.75, 3.05) is 0 Å². The maximum Gasteiger partial charge on any atom is 0.341 e. The van der Waals surface area contributed by atoms with Crippen LogP contribution >= 0.6 is 0 Å². The number of carbonyl (C=O) groups is 1. The Morgan fingerprint density at radius 1 is 1.53 bits per heavy atom. The molecule has 7 nitrogen and oxygen atoms in total. The molecule has 0 aliphatic carbocycles. The van der Waals surface area contributed by atoms with Crippen molar-refractivity contribution in [2.24, 2.45) is 0 Å². The lowest BCUT2D eigenvalue weighted by Crippen LogP contribution is -2.17. The minimum atomic E-state index is -1.25. The molecule has 1 N–H and O–H groups in total. The quantitative estimate of drug-likeness (QED) is 0.820. The molecule has 17 heavy (non-hydrogen) atoms. The summed E-state index contributed by atoms with van der Waals surface area (Å²) in [7, 11) is 0. The lowest BCUT2D eigenvalue weighted by atomic mass is 10.2. The number of hydrogen-bond acceptors (Lipinski definition) is 5. The predicted molar refractivity (Wildman–Crippen MR) is 55.8 cm³/mol. The summed E-state index contributed by atoms with van der Waals surface area (Å²) < 4.78 is 6.07. The van der Waals surface area contributed by atoms with Gasteiger partial charge in [-0.1, -0.05) is 10.3 Å². The van der Waals surface area contributed by atoms with Crippen LogP contribution in [0.5, 0.6) is 0 Å². The van der Waals surface area contributed by atoms with Crippen LogP contribution in [-0.2, 0) is 6.54 Å². The number of rotatable bonds is 3. The van der Waals surface area contributed by atoms with Gasteiger partial charge in [0.15, 0.2) is 5.43 Å². The summed E-state index contributed by atoms with van der Waals surface area (Å²) in [5, 5.41) is 16.1. The second kappa shape index (κ2) is 4.20. The van der Waals surface area contributed by atoms with Crippen LogP contribution < -0.4 is 5.43 Å². The molecule has 2 rings (SSSR count). The number of pyridine rings is 1. The van der Waals surface area contributed by atoms with E-state index < -0.39 is 11.4 Å². The van der Waals surface area contributed by atoms with Gasteiger partial charge in [-0.15, -0.1) is 0 Å². The SMILES string of the molecule is Cc1nonc1Cn1ccc(=O)c(C(=O)O)c1. The van der Waals surface area contributed by atoms with Crippen molar-refractivity contribution >= 4 is 5.97 Å². The van der Waals surface area contributed by atoms with Crippen LogP contribution in [0.1, 0.15) is 21.7 Å². The Labute approximate surface area is 95.3 Å². The fraction of sp³-hybridized carbons (Fsp3) is 0.200. The Balaban J connectivity index is 2.35. The number of hydrogen-bond donors (Lipinski definition) is 1. The van der Waals surface area contributed by atoms with Crippen LogP contribution in [0.4, 0.5) is 0 Å². The Bertz CT molecular complexity index is 614. The maximum atomic E-state index is 11.2. The van der Waals surface area contributed by atoms with Crippen molar-refractivity contribution < 1.29 is 14.5 Å². The zero-order valence-corrected chi connectivity index (χ0v) is 8.95. The molecule has 0 radical (unpaired) electrons. The van der Waals surface area contributed by atoms with Gasteiger partial charge in [-0.25, -0.2) is 9.42 Å². The number of aromatic nitrogens is 3. The van der Waals surface area contributed by atoms with Crippen LogP contribution in [-0.4, -0.2) is 26.0 Å². The van der Waals surface area contributed by atoms with Gasteiger partial charge >= 0.3 is 5.97 Å². The van der Waals surface area contributed by atoms with E-state index in [1.54, 1.807) is 6.92 Å². The van der Waals surface area contributed by atoms with E-state index in [2.05, 4.69) is 14.9 Å². The number of aromatic carboxylic acids is 1. The van der Waals surface area contributed by atoms with Crippen molar-refractivity contribution in [3.63, 3.8) is 0 Å². The molecule has 2 heterocycles. The summed E-state index contributed by atoms with van der Waals surface area (Å²) in [6, 6.07) is 1.20. The molecule has 0 unspecified atom stereocenters. The third kappa shape index (κ3) is 2.22. The standard InChI is InChI=1S/C10H9N3O4/c1-6-8(12-17-11-6)5-13-3-2-9(14)7(4-13)10(15)16/h2-4H,5H2,1H3,(H,15,16). The van der Waals surface area contributed by atoms with Crippen molar-refractivity contribution in [1.82, 2.24) is 14.9 Å². The Hall–Kier alpha value is -2.44. The second-order valence-corrected chi connectivity index (χ2v) is 3.50. The molecule has 0 atom stereocenters. The Morgan fingerprint density at radius 2 is 2.29 bits per heavy atom. The topological polar surface area (TPSA) is 98.2 Å². The molecule has 88 valence electrons. The summed E-state index contributed by atoms with van der Waals surface area (Å²) in [4.78, 5) is 22.0. The van der Waals surface area contributed by atoms with Gasteiger partial charge in [-0.05, 0) is 6.92 Å². The lowest BCUT2D eigenvalue weighted by molar-refractivity contribution is 0.0694. The van der Waals surface area contributed by atoms with E-state index in [1.165, 1.54) is 23.0 Å². The fourth-order valence-electron chi connectivity index (χ4n) is 1.35. The van der Waals surface area contributed by atoms with Crippen molar-refractivity contribution in [3.05, 3.63) is 45.6 Å². The van der Waals surface area contributed by atoms with E-state index in [0.29, 0.717) is 17.9 Å². The zero-order valence-electron chi connectivity index (χ0n) is 8.95. The highest BCUT2D eigenvalue weighted by Gasteiger charge is 2.10. The van der Waals surface area contributed by atoms with E-state index in [9.17, 15) is 9.59 Å². The Kier molecular flexibility index (Phi) is 2.73. The van der Waals surface area contributed by atoms with Crippen LogP contribution in [0, 0.1) is 6.92 Å². The van der Waals surface area contributed by atoms with Crippen LogP contribution in [0.25, 0.3) is 0 Å². The second-order valence-electron chi connectivity index (χ2n) is 3.50. The molecule has 0 aliphatic rings. The molecule has 0 saturated carbocycles. The zero-order chi connectivity index (χ0) is 12.4. The summed E-state index contributed by atoms with van der Waals surface area (Å²) >= 11 is 0. The van der Waals surface area contributed by atoms with Crippen LogP contribution in [0.2, 0.25) is 0 Å². The first-order chi connectivity index (χ1) is 8.08. The number of aryl methyl sites for hydroxylation is 1. The molecule has 0 amide bonds. The fourth-order valence-corrected chi connectivity index (χ4v) is 1.35. The first-order valence-corrected chi connectivity index (χ1v) is 4.79. The molecule has 2 aromatic heterocycles. The van der Waals surface area contributed by atoms with Gasteiger partial charge in [0.1, 0.15) is 17.0 Å². The smallest absolute Gasteiger partial charge is 0.341 e. The van der Waals surface area contributed by atoms with Crippen molar-refractivity contribution in [2.45, 2.75) is 13.5 Å². The summed E-state index contributed by atoms with van der Waals surface area (Å²) in [6.07, 6.45) is 2.75. The average molecular weight is 235 g/mol. The van der Waals surface area contributed by atoms with E-state index >= 15 is 0 Å². The predicted octanol–water partition coefficient (Wildman–Crippen LogP) is 0.286. The highest BCUT2D eigenvalue weighted by atomic mass is 16.6. The Morgan fingerprint density at radius 3 is 2.88 bits per heavy atom. The van der Waals surface area contributed by atoms with Gasteiger partial charge in [0.25, 0.3) is 0 Å². The van der Waals surface area contributed by atoms with Crippen LogP contribution in [0.3, 0.4) is 0 Å². The molecular weight excluding hydrogens is 226 g/mol. The van der Waals surface area contributed by atoms with Gasteiger partial charge in [0.05, 0.1) is 6.54 Å². The lowest BCUT2D eigenvalue weighted by Gasteiger charge is -2.04. The molecule has 0 aliphatic heterocycles. The minimum absolute atomic E-state index is 0.276. The number of carboxylic acid groups (broad SMARTS) is 1. The monoisotopic (exact) mass is 235 g/mol. The van der Waals surface area contributed by atoms with Crippen LogP contribution in [0.15, 0.2) is 27.9 Å². The van der Waals surface area contributed by atoms with Crippen molar-refractivity contribution in [1.29, 1.82) is 0 Å². The average Bonchev–Trinajstić information content (AvgIpc) is 2.67. The van der Waals surface area contributed by atoms with E-state index in [1.807, 2.05) is 0 Å². The highest BCUT2D eigenvalue weighted by Crippen LogP contribution is 2.04. The first-order valence-electron chi connectivity index (χ1n) is 4.79. The normalized spacial score (nSPS) is 10.4. The van der Waals surface area contributed by atoms with E-state index in [0.717, 1.165) is 0 Å². The number of nitrogens with zero attached hydrogens (tertiary/aromatic N) is 3. The molecule has 0 spiro atoms. The van der Waals surface area contributed by atoms with E-state index in [4.69, 9.17) is 5.11 Å². The molecule has 7 heteroatoms. The summed E-state index contributed by atoms with van der Waals surface area (Å²) in [5.74, 6) is -1.25. The molecule has 0 fully saturated rings. The molecular formula is C10H9N3O4. The largest absolute Gasteiger partial charge is 0.477 e. The summed E-state index contributed by atoms with van der Waals surface area (Å²) in [5.41, 5.74) is 0.413. The summed E-state index contributed by atoms with van der Waals surface area (Å²) in [6.45, 7) is 2.03. The molecule has 0 bridgehead atoms. The van der Waals surface area contributed by atoms with Gasteiger partial charge in [0.2, 0.25) is 0 Å². The van der Waals surface area contributed by atoms with Gasteiger partial charge in [-0.3, -0.25) is 4.79 Å². The third-order valence-corrected chi connectivity index (χ3v) is 2.29. The molecule has 0 saturated heterocycles. The maximum absolute atomic E-state index is 11.2. The highest BCUT2D eigenvalue weighted by molar-refractivity contribution is 5.86. The van der Waals surface area contributed by atoms with E-state index in [-0.39, 0.29) is 5.56 Å².